The van der Waals surface area contributed by atoms with Crippen LogP contribution in [-0.2, 0) is 9.53 Å². The molecule has 1 fully saturated rings. The number of carbonyl (C=O) groups excluding carboxylic acids is 1. The summed E-state index contributed by atoms with van der Waals surface area (Å²) < 4.78 is 11.2. The van der Waals surface area contributed by atoms with Gasteiger partial charge in [-0.15, -0.1) is 0 Å². The molecule has 1 aliphatic heterocycles. The molecule has 0 bridgehead atoms. The standard InChI is InChI=1S/C23H29NO3/c1-17(25)24(20-14-15-27-23(2,3)16-20)22(18-8-6-5-7-9-18)19-10-12-21(26-4)13-11-19/h5-13,20,22H,14-16H2,1-4H3. The molecule has 1 aliphatic rings. The molecule has 2 aromatic carbocycles. The second-order valence-corrected chi connectivity index (χ2v) is 7.77. The number of hydrogen-bond acceptors (Lipinski definition) is 3. The maximum Gasteiger partial charge on any atom is 0.220 e. The van der Waals surface area contributed by atoms with Gasteiger partial charge in [0, 0.05) is 19.6 Å². The van der Waals surface area contributed by atoms with E-state index >= 15 is 0 Å². The Morgan fingerprint density at radius 2 is 1.74 bits per heavy atom. The van der Waals surface area contributed by atoms with Crippen LogP contribution in [0.2, 0.25) is 0 Å². The Kier molecular flexibility index (Phi) is 5.85. The third-order valence-corrected chi connectivity index (χ3v) is 5.25. The maximum atomic E-state index is 12.8. The molecular formula is C23H29NO3. The van der Waals surface area contributed by atoms with Gasteiger partial charge in [0.2, 0.25) is 5.91 Å². The minimum absolute atomic E-state index is 0.0855. The minimum atomic E-state index is -0.224. The zero-order chi connectivity index (χ0) is 19.4. The summed E-state index contributed by atoms with van der Waals surface area (Å²) in [6, 6.07) is 18.3. The van der Waals surface area contributed by atoms with E-state index in [4.69, 9.17) is 9.47 Å². The summed E-state index contributed by atoms with van der Waals surface area (Å²) in [7, 11) is 1.66. The predicted molar refractivity (Wildman–Crippen MR) is 107 cm³/mol. The molecule has 1 amide bonds. The first-order valence-electron chi connectivity index (χ1n) is 9.53. The second kappa shape index (κ2) is 8.13. The van der Waals surface area contributed by atoms with Crippen LogP contribution in [0.1, 0.15) is 50.8 Å². The van der Waals surface area contributed by atoms with E-state index in [0.29, 0.717) is 6.61 Å². The fourth-order valence-corrected chi connectivity index (χ4v) is 4.02. The van der Waals surface area contributed by atoms with Gasteiger partial charge in [0.25, 0.3) is 0 Å². The molecule has 0 aliphatic carbocycles. The molecule has 0 N–H and O–H groups in total. The Labute approximate surface area is 162 Å². The van der Waals surface area contributed by atoms with Crippen LogP contribution in [0.3, 0.4) is 0 Å². The Balaban J connectivity index is 2.04. The van der Waals surface area contributed by atoms with Crippen LogP contribution < -0.4 is 4.74 Å². The number of nitrogens with zero attached hydrogens (tertiary/aromatic N) is 1. The lowest BCUT2D eigenvalue weighted by Gasteiger charge is -2.44. The molecule has 0 radical (unpaired) electrons. The molecular weight excluding hydrogens is 338 g/mol. The fourth-order valence-electron chi connectivity index (χ4n) is 4.02. The van der Waals surface area contributed by atoms with Crippen LogP contribution >= 0.6 is 0 Å². The normalized spacial score (nSPS) is 19.9. The van der Waals surface area contributed by atoms with E-state index in [1.54, 1.807) is 14.0 Å². The topological polar surface area (TPSA) is 38.8 Å². The number of hydrogen-bond donors (Lipinski definition) is 0. The van der Waals surface area contributed by atoms with Crippen molar-refractivity contribution >= 4 is 5.91 Å². The van der Waals surface area contributed by atoms with Crippen molar-refractivity contribution in [2.75, 3.05) is 13.7 Å². The maximum absolute atomic E-state index is 12.8. The monoisotopic (exact) mass is 367 g/mol. The molecule has 0 saturated carbocycles. The van der Waals surface area contributed by atoms with Crippen molar-refractivity contribution in [3.8, 4) is 5.75 Å². The van der Waals surface area contributed by atoms with E-state index in [0.717, 1.165) is 29.7 Å². The summed E-state index contributed by atoms with van der Waals surface area (Å²) in [6.07, 6.45) is 1.68. The summed E-state index contributed by atoms with van der Waals surface area (Å²) in [6.45, 7) is 6.54. The van der Waals surface area contributed by atoms with Gasteiger partial charge < -0.3 is 14.4 Å². The first-order valence-corrected chi connectivity index (χ1v) is 9.53. The van der Waals surface area contributed by atoms with Gasteiger partial charge in [0.1, 0.15) is 5.75 Å². The number of carbonyl (C=O) groups is 1. The molecule has 4 heteroatoms. The Morgan fingerprint density at radius 1 is 1.11 bits per heavy atom. The molecule has 1 saturated heterocycles. The third kappa shape index (κ3) is 4.51. The van der Waals surface area contributed by atoms with Gasteiger partial charge in [-0.25, -0.2) is 0 Å². The van der Waals surface area contributed by atoms with Crippen LogP contribution in [0.15, 0.2) is 54.6 Å². The van der Waals surface area contributed by atoms with Crippen molar-refractivity contribution in [2.45, 2.75) is 51.3 Å². The summed E-state index contributed by atoms with van der Waals surface area (Å²) in [5.41, 5.74) is 1.97. The summed E-state index contributed by atoms with van der Waals surface area (Å²) >= 11 is 0. The SMILES string of the molecule is COc1ccc(C(c2ccccc2)N(C(C)=O)C2CCOC(C)(C)C2)cc1. The summed E-state index contributed by atoms with van der Waals surface area (Å²) in [5, 5.41) is 0. The van der Waals surface area contributed by atoms with Gasteiger partial charge in [0.15, 0.2) is 0 Å². The molecule has 2 atom stereocenters. The Hall–Kier alpha value is -2.33. The number of methoxy groups -OCH3 is 1. The zero-order valence-electron chi connectivity index (χ0n) is 16.6. The van der Waals surface area contributed by atoms with Gasteiger partial charge in [-0.05, 0) is 49.9 Å². The van der Waals surface area contributed by atoms with E-state index in [1.807, 2.05) is 35.2 Å². The van der Waals surface area contributed by atoms with Gasteiger partial charge in [-0.3, -0.25) is 4.79 Å². The van der Waals surface area contributed by atoms with Crippen LogP contribution in [0.25, 0.3) is 0 Å². The van der Waals surface area contributed by atoms with Gasteiger partial charge >= 0.3 is 0 Å². The zero-order valence-corrected chi connectivity index (χ0v) is 16.6. The molecule has 144 valence electrons. The lowest BCUT2D eigenvalue weighted by atomic mass is 9.89. The van der Waals surface area contributed by atoms with E-state index in [1.165, 1.54) is 0 Å². The lowest BCUT2D eigenvalue weighted by molar-refractivity contribution is -0.140. The van der Waals surface area contributed by atoms with Crippen molar-refractivity contribution in [3.05, 3.63) is 65.7 Å². The summed E-state index contributed by atoms with van der Waals surface area (Å²) in [5.74, 6) is 0.898. The van der Waals surface area contributed by atoms with Gasteiger partial charge in [-0.2, -0.15) is 0 Å². The van der Waals surface area contributed by atoms with Gasteiger partial charge in [0.05, 0.1) is 18.8 Å². The van der Waals surface area contributed by atoms with Crippen LogP contribution in [-0.4, -0.2) is 36.2 Å². The Morgan fingerprint density at radius 3 is 2.30 bits per heavy atom. The molecule has 27 heavy (non-hydrogen) atoms. The first-order chi connectivity index (χ1) is 12.9. The van der Waals surface area contributed by atoms with Crippen LogP contribution in [0.5, 0.6) is 5.75 Å². The second-order valence-electron chi connectivity index (χ2n) is 7.77. The third-order valence-electron chi connectivity index (χ3n) is 5.25. The quantitative estimate of drug-likeness (QED) is 0.776. The highest BCUT2D eigenvalue weighted by Crippen LogP contribution is 2.36. The average molecular weight is 367 g/mol. The highest BCUT2D eigenvalue weighted by molar-refractivity contribution is 5.75. The van der Waals surface area contributed by atoms with Crippen molar-refractivity contribution in [1.82, 2.24) is 4.90 Å². The predicted octanol–water partition coefficient (Wildman–Crippen LogP) is 4.59. The smallest absolute Gasteiger partial charge is 0.220 e. The molecule has 0 spiro atoms. The largest absolute Gasteiger partial charge is 0.497 e. The number of amides is 1. The molecule has 1 heterocycles. The number of ether oxygens (including phenoxy) is 2. The molecule has 2 unspecified atom stereocenters. The molecule has 0 aromatic heterocycles. The number of benzene rings is 2. The van der Waals surface area contributed by atoms with E-state index in [9.17, 15) is 4.79 Å². The van der Waals surface area contributed by atoms with Crippen molar-refractivity contribution in [1.29, 1.82) is 0 Å². The summed E-state index contributed by atoms with van der Waals surface area (Å²) in [4.78, 5) is 14.9. The highest BCUT2D eigenvalue weighted by Gasteiger charge is 2.37. The van der Waals surface area contributed by atoms with Crippen molar-refractivity contribution in [2.24, 2.45) is 0 Å². The Bertz CT molecular complexity index is 755. The molecule has 2 aromatic rings. The van der Waals surface area contributed by atoms with E-state index in [-0.39, 0.29) is 23.6 Å². The van der Waals surface area contributed by atoms with E-state index in [2.05, 4.69) is 38.1 Å². The first kappa shape index (κ1) is 19.4. The van der Waals surface area contributed by atoms with Crippen molar-refractivity contribution < 1.29 is 14.3 Å². The average Bonchev–Trinajstić information content (AvgIpc) is 2.65. The van der Waals surface area contributed by atoms with E-state index < -0.39 is 0 Å². The van der Waals surface area contributed by atoms with Crippen LogP contribution in [0.4, 0.5) is 0 Å². The van der Waals surface area contributed by atoms with Crippen LogP contribution in [0, 0.1) is 0 Å². The van der Waals surface area contributed by atoms with Crippen molar-refractivity contribution in [3.63, 3.8) is 0 Å². The lowest BCUT2D eigenvalue weighted by Crippen LogP contribution is -2.49. The van der Waals surface area contributed by atoms with Gasteiger partial charge in [-0.1, -0.05) is 42.5 Å². The highest BCUT2D eigenvalue weighted by atomic mass is 16.5. The molecule has 3 rings (SSSR count). The number of rotatable bonds is 5. The fraction of sp³-hybridized carbons (Fsp3) is 0.435. The minimum Gasteiger partial charge on any atom is -0.497 e. The molecule has 4 nitrogen and oxygen atoms in total.